The highest BCUT2D eigenvalue weighted by Crippen LogP contribution is 2.46. The summed E-state index contributed by atoms with van der Waals surface area (Å²) >= 11 is 0. The van der Waals surface area contributed by atoms with Crippen molar-refractivity contribution in [3.63, 3.8) is 0 Å². The fraction of sp³-hybridized carbons (Fsp3) is 0.900. The van der Waals surface area contributed by atoms with Crippen LogP contribution in [0.2, 0.25) is 0 Å². The molecule has 68 valence electrons. The Labute approximate surface area is 73.0 Å². The van der Waals surface area contributed by atoms with Gasteiger partial charge in [-0.25, -0.2) is 0 Å². The SMILES string of the molecule is CC1CC[C@@]2(O)CCCC(=O)[C@@H]12. The van der Waals surface area contributed by atoms with Crippen LogP contribution >= 0.6 is 0 Å². The summed E-state index contributed by atoms with van der Waals surface area (Å²) in [5, 5.41) is 10.1. The van der Waals surface area contributed by atoms with Gasteiger partial charge < -0.3 is 5.11 Å². The Balaban J connectivity index is 2.26. The van der Waals surface area contributed by atoms with Crippen LogP contribution in [0.4, 0.5) is 0 Å². The smallest absolute Gasteiger partial charge is 0.139 e. The van der Waals surface area contributed by atoms with E-state index in [2.05, 4.69) is 6.92 Å². The van der Waals surface area contributed by atoms with E-state index in [-0.39, 0.29) is 5.92 Å². The van der Waals surface area contributed by atoms with Crippen LogP contribution in [0.1, 0.15) is 39.0 Å². The van der Waals surface area contributed by atoms with E-state index in [1.807, 2.05) is 0 Å². The number of Topliss-reactive ketones (excluding diaryl/α,β-unsaturated/α-hetero) is 1. The Kier molecular flexibility index (Phi) is 1.76. The molecule has 2 fully saturated rings. The van der Waals surface area contributed by atoms with Gasteiger partial charge >= 0.3 is 0 Å². The zero-order valence-corrected chi connectivity index (χ0v) is 7.55. The van der Waals surface area contributed by atoms with Gasteiger partial charge in [0.05, 0.1) is 5.60 Å². The molecule has 0 spiro atoms. The molecule has 1 N–H and O–H groups in total. The van der Waals surface area contributed by atoms with Crippen LogP contribution in [0.5, 0.6) is 0 Å². The third-order valence-electron chi connectivity index (χ3n) is 3.56. The molecule has 0 aliphatic heterocycles. The van der Waals surface area contributed by atoms with Crippen molar-refractivity contribution in [1.82, 2.24) is 0 Å². The third-order valence-corrected chi connectivity index (χ3v) is 3.56. The zero-order valence-electron chi connectivity index (χ0n) is 7.55. The van der Waals surface area contributed by atoms with E-state index in [9.17, 15) is 9.90 Å². The number of fused-ring (bicyclic) bond motifs is 1. The molecule has 0 bridgehead atoms. The van der Waals surface area contributed by atoms with Gasteiger partial charge in [0.1, 0.15) is 5.78 Å². The molecule has 1 unspecified atom stereocenters. The van der Waals surface area contributed by atoms with Gasteiger partial charge in [-0.05, 0) is 31.6 Å². The third kappa shape index (κ3) is 1.01. The molecule has 0 saturated heterocycles. The van der Waals surface area contributed by atoms with Gasteiger partial charge in [0, 0.05) is 12.3 Å². The van der Waals surface area contributed by atoms with Crippen LogP contribution in [-0.4, -0.2) is 16.5 Å². The first-order valence-electron chi connectivity index (χ1n) is 4.88. The standard InChI is InChI=1S/C10H16O2/c1-7-4-6-10(12)5-2-3-8(11)9(7)10/h7,9,12H,2-6H2,1H3/t7?,9-,10+/m1/s1. The molecule has 2 rings (SSSR count). The summed E-state index contributed by atoms with van der Waals surface area (Å²) in [6.07, 6.45) is 4.28. The van der Waals surface area contributed by atoms with Crippen LogP contribution in [0.3, 0.4) is 0 Å². The van der Waals surface area contributed by atoms with E-state index >= 15 is 0 Å². The lowest BCUT2D eigenvalue weighted by Gasteiger charge is -2.34. The Hall–Kier alpha value is -0.370. The first-order chi connectivity index (χ1) is 5.63. The van der Waals surface area contributed by atoms with Crippen molar-refractivity contribution in [1.29, 1.82) is 0 Å². The molecule has 0 aromatic rings. The summed E-state index contributed by atoms with van der Waals surface area (Å²) in [6.45, 7) is 2.09. The largest absolute Gasteiger partial charge is 0.389 e. The minimum Gasteiger partial charge on any atom is -0.389 e. The van der Waals surface area contributed by atoms with Gasteiger partial charge in [0.2, 0.25) is 0 Å². The predicted octanol–water partition coefficient (Wildman–Crippen LogP) is 1.52. The Morgan fingerprint density at radius 1 is 1.50 bits per heavy atom. The van der Waals surface area contributed by atoms with E-state index in [4.69, 9.17) is 0 Å². The highest BCUT2D eigenvalue weighted by molar-refractivity contribution is 5.83. The highest BCUT2D eigenvalue weighted by Gasteiger charge is 2.50. The van der Waals surface area contributed by atoms with E-state index in [1.54, 1.807) is 0 Å². The predicted molar refractivity (Wildman–Crippen MR) is 45.7 cm³/mol. The number of aliphatic hydroxyl groups is 1. The lowest BCUT2D eigenvalue weighted by molar-refractivity contribution is -0.137. The second-order valence-corrected chi connectivity index (χ2v) is 4.42. The summed E-state index contributed by atoms with van der Waals surface area (Å²) in [6, 6.07) is 0. The average Bonchev–Trinajstić information content (AvgIpc) is 2.29. The molecular formula is C10H16O2. The van der Waals surface area contributed by atoms with Gasteiger partial charge in [-0.15, -0.1) is 0 Å². The number of hydrogen-bond acceptors (Lipinski definition) is 2. The van der Waals surface area contributed by atoms with Gasteiger partial charge in [-0.3, -0.25) is 4.79 Å². The maximum Gasteiger partial charge on any atom is 0.139 e. The van der Waals surface area contributed by atoms with Gasteiger partial charge in [-0.1, -0.05) is 6.92 Å². The highest BCUT2D eigenvalue weighted by atomic mass is 16.3. The Morgan fingerprint density at radius 2 is 2.25 bits per heavy atom. The molecule has 3 atom stereocenters. The molecule has 0 aromatic heterocycles. The van der Waals surface area contributed by atoms with Crippen molar-refractivity contribution in [3.05, 3.63) is 0 Å². The van der Waals surface area contributed by atoms with Crippen LogP contribution in [0.25, 0.3) is 0 Å². The van der Waals surface area contributed by atoms with E-state index in [0.29, 0.717) is 18.1 Å². The summed E-state index contributed by atoms with van der Waals surface area (Å²) in [4.78, 5) is 11.5. The molecular weight excluding hydrogens is 152 g/mol. The monoisotopic (exact) mass is 168 g/mol. The molecule has 12 heavy (non-hydrogen) atoms. The molecule has 2 aliphatic rings. The molecule has 2 heteroatoms. The minimum absolute atomic E-state index is 0.0359. The van der Waals surface area contributed by atoms with E-state index in [0.717, 1.165) is 25.7 Å². The zero-order chi connectivity index (χ0) is 8.77. The van der Waals surface area contributed by atoms with Crippen LogP contribution < -0.4 is 0 Å². The quantitative estimate of drug-likeness (QED) is 0.595. The first-order valence-corrected chi connectivity index (χ1v) is 4.88. The molecule has 2 aliphatic carbocycles. The number of rotatable bonds is 0. The summed E-state index contributed by atoms with van der Waals surface area (Å²) in [5.41, 5.74) is -0.616. The molecule has 0 aromatic carbocycles. The van der Waals surface area contributed by atoms with Gasteiger partial charge in [0.15, 0.2) is 0 Å². The maximum atomic E-state index is 11.5. The average molecular weight is 168 g/mol. The normalized spacial score (nSPS) is 47.7. The molecule has 0 amide bonds. The minimum atomic E-state index is -0.616. The Bertz CT molecular complexity index is 208. The summed E-state index contributed by atoms with van der Waals surface area (Å²) < 4.78 is 0. The second-order valence-electron chi connectivity index (χ2n) is 4.42. The fourth-order valence-electron chi connectivity index (χ4n) is 2.95. The molecule has 0 radical (unpaired) electrons. The maximum absolute atomic E-state index is 11.5. The van der Waals surface area contributed by atoms with Crippen LogP contribution in [0.15, 0.2) is 0 Å². The lowest BCUT2D eigenvalue weighted by atomic mass is 9.74. The summed E-state index contributed by atoms with van der Waals surface area (Å²) in [7, 11) is 0. The van der Waals surface area contributed by atoms with E-state index < -0.39 is 5.60 Å². The van der Waals surface area contributed by atoms with Crippen molar-refractivity contribution >= 4 is 5.78 Å². The number of hydrogen-bond donors (Lipinski definition) is 1. The number of ketones is 1. The van der Waals surface area contributed by atoms with Crippen molar-refractivity contribution < 1.29 is 9.90 Å². The van der Waals surface area contributed by atoms with E-state index in [1.165, 1.54) is 0 Å². The Morgan fingerprint density at radius 3 is 2.92 bits per heavy atom. The summed E-state index contributed by atoms with van der Waals surface area (Å²) in [5.74, 6) is 0.669. The van der Waals surface area contributed by atoms with Crippen molar-refractivity contribution in [2.45, 2.75) is 44.6 Å². The lowest BCUT2D eigenvalue weighted by Crippen LogP contribution is -2.43. The number of carbonyl (C=O) groups is 1. The molecule has 2 saturated carbocycles. The van der Waals surface area contributed by atoms with Crippen LogP contribution in [0, 0.1) is 11.8 Å². The fourth-order valence-corrected chi connectivity index (χ4v) is 2.95. The molecule has 2 nitrogen and oxygen atoms in total. The topological polar surface area (TPSA) is 37.3 Å². The first kappa shape index (κ1) is 8.24. The van der Waals surface area contributed by atoms with Crippen molar-refractivity contribution in [2.24, 2.45) is 11.8 Å². The second kappa shape index (κ2) is 2.56. The van der Waals surface area contributed by atoms with Crippen molar-refractivity contribution in [2.75, 3.05) is 0 Å². The van der Waals surface area contributed by atoms with Crippen molar-refractivity contribution in [3.8, 4) is 0 Å². The van der Waals surface area contributed by atoms with Gasteiger partial charge in [-0.2, -0.15) is 0 Å². The van der Waals surface area contributed by atoms with Crippen LogP contribution in [-0.2, 0) is 4.79 Å². The molecule has 0 heterocycles. The number of carbonyl (C=O) groups excluding carboxylic acids is 1. The van der Waals surface area contributed by atoms with Gasteiger partial charge in [0.25, 0.3) is 0 Å².